The molecule has 0 unspecified atom stereocenters. The predicted octanol–water partition coefficient (Wildman–Crippen LogP) is 4.59. The van der Waals surface area contributed by atoms with Crippen molar-refractivity contribution in [3.05, 3.63) is 90.0 Å². The molecular formula is C22H20N2O3. The average molecular weight is 360 g/mol. The fourth-order valence-corrected chi connectivity index (χ4v) is 2.64. The Morgan fingerprint density at radius 3 is 2.07 bits per heavy atom. The van der Waals surface area contributed by atoms with Crippen LogP contribution < -0.4 is 15.4 Å². The van der Waals surface area contributed by atoms with E-state index < -0.39 is 0 Å². The number of para-hydroxylation sites is 3. The van der Waals surface area contributed by atoms with Gasteiger partial charge in [0.2, 0.25) is 0 Å². The van der Waals surface area contributed by atoms with E-state index in [1.807, 2.05) is 31.2 Å². The van der Waals surface area contributed by atoms with Gasteiger partial charge in [0.1, 0.15) is 5.75 Å². The Bertz CT molecular complexity index is 939. The standard InChI is InChI=1S/C22H20N2O3/c1-2-27-20-15-9-7-13-18(20)22(26)24-19-14-8-6-12-17(19)21(25)23-16-10-4-3-5-11-16/h3-15H,2H2,1H3,(H,23,25)(H,24,26). The maximum Gasteiger partial charge on any atom is 0.259 e. The van der Waals surface area contributed by atoms with Gasteiger partial charge in [-0.25, -0.2) is 0 Å². The van der Waals surface area contributed by atoms with Gasteiger partial charge in [0.25, 0.3) is 11.8 Å². The quantitative estimate of drug-likeness (QED) is 0.676. The molecule has 0 aliphatic carbocycles. The number of benzene rings is 3. The summed E-state index contributed by atoms with van der Waals surface area (Å²) in [6, 6.07) is 23.1. The molecule has 0 fully saturated rings. The molecule has 5 nitrogen and oxygen atoms in total. The van der Waals surface area contributed by atoms with Crippen molar-refractivity contribution in [2.45, 2.75) is 6.92 Å². The van der Waals surface area contributed by atoms with Crippen molar-refractivity contribution in [1.29, 1.82) is 0 Å². The molecule has 0 aromatic heterocycles. The summed E-state index contributed by atoms with van der Waals surface area (Å²) in [5, 5.41) is 5.64. The van der Waals surface area contributed by atoms with E-state index in [2.05, 4.69) is 10.6 Å². The van der Waals surface area contributed by atoms with Gasteiger partial charge in [-0.2, -0.15) is 0 Å². The number of ether oxygens (including phenoxy) is 1. The minimum absolute atomic E-state index is 0.296. The summed E-state index contributed by atoms with van der Waals surface area (Å²) < 4.78 is 5.51. The SMILES string of the molecule is CCOc1ccccc1C(=O)Nc1ccccc1C(=O)Nc1ccccc1. The molecule has 3 aromatic carbocycles. The molecule has 5 heteroatoms. The number of carbonyl (C=O) groups excluding carboxylic acids is 2. The molecule has 136 valence electrons. The summed E-state index contributed by atoms with van der Waals surface area (Å²) in [4.78, 5) is 25.4. The van der Waals surface area contributed by atoms with Gasteiger partial charge in [0.15, 0.2) is 0 Å². The molecular weight excluding hydrogens is 340 g/mol. The van der Waals surface area contributed by atoms with Crippen LogP contribution in [0.25, 0.3) is 0 Å². The first-order valence-electron chi connectivity index (χ1n) is 8.67. The van der Waals surface area contributed by atoms with Crippen LogP contribution in [0.2, 0.25) is 0 Å². The van der Waals surface area contributed by atoms with Crippen LogP contribution in [0.4, 0.5) is 11.4 Å². The molecule has 0 saturated heterocycles. The third-order valence-corrected chi connectivity index (χ3v) is 3.88. The van der Waals surface area contributed by atoms with Crippen LogP contribution in [0.3, 0.4) is 0 Å². The zero-order valence-corrected chi connectivity index (χ0v) is 14.9. The van der Waals surface area contributed by atoms with E-state index in [-0.39, 0.29) is 11.8 Å². The van der Waals surface area contributed by atoms with E-state index in [0.717, 1.165) is 0 Å². The number of hydrogen-bond acceptors (Lipinski definition) is 3. The van der Waals surface area contributed by atoms with Crippen molar-refractivity contribution in [3.8, 4) is 5.75 Å². The molecule has 3 rings (SSSR count). The first-order valence-corrected chi connectivity index (χ1v) is 8.67. The van der Waals surface area contributed by atoms with Gasteiger partial charge >= 0.3 is 0 Å². The fourth-order valence-electron chi connectivity index (χ4n) is 2.64. The summed E-state index contributed by atoms with van der Waals surface area (Å²) in [5.41, 5.74) is 1.91. The number of anilines is 2. The monoisotopic (exact) mass is 360 g/mol. The molecule has 0 bridgehead atoms. The number of nitrogens with one attached hydrogen (secondary N) is 2. The molecule has 0 radical (unpaired) electrons. The third-order valence-electron chi connectivity index (χ3n) is 3.88. The lowest BCUT2D eigenvalue weighted by molar-refractivity contribution is 0.102. The van der Waals surface area contributed by atoms with Crippen LogP contribution in [0.15, 0.2) is 78.9 Å². The van der Waals surface area contributed by atoms with Crippen molar-refractivity contribution < 1.29 is 14.3 Å². The molecule has 0 spiro atoms. The third kappa shape index (κ3) is 4.52. The first-order chi connectivity index (χ1) is 13.2. The maximum atomic E-state index is 12.7. The van der Waals surface area contributed by atoms with Gasteiger partial charge in [0.05, 0.1) is 23.4 Å². The molecule has 0 heterocycles. The summed E-state index contributed by atoms with van der Waals surface area (Å²) in [5.74, 6) is -0.127. The van der Waals surface area contributed by atoms with Crippen LogP contribution >= 0.6 is 0 Å². The van der Waals surface area contributed by atoms with E-state index >= 15 is 0 Å². The molecule has 2 amide bonds. The van der Waals surface area contributed by atoms with Crippen molar-refractivity contribution in [2.75, 3.05) is 17.2 Å². The van der Waals surface area contributed by atoms with E-state index in [1.54, 1.807) is 54.6 Å². The van der Waals surface area contributed by atoms with Gasteiger partial charge in [-0.15, -0.1) is 0 Å². The first kappa shape index (κ1) is 18.2. The number of rotatable bonds is 6. The van der Waals surface area contributed by atoms with Gasteiger partial charge in [-0.3, -0.25) is 9.59 Å². The Balaban J connectivity index is 1.82. The predicted molar refractivity (Wildman–Crippen MR) is 106 cm³/mol. The van der Waals surface area contributed by atoms with Gasteiger partial charge < -0.3 is 15.4 Å². The summed E-state index contributed by atoms with van der Waals surface area (Å²) in [6.07, 6.45) is 0. The molecule has 3 aromatic rings. The summed E-state index contributed by atoms with van der Waals surface area (Å²) in [6.45, 7) is 2.32. The van der Waals surface area contributed by atoms with E-state index in [4.69, 9.17) is 4.74 Å². The Hall–Kier alpha value is -3.60. The second-order valence-corrected chi connectivity index (χ2v) is 5.75. The molecule has 0 aliphatic rings. The molecule has 0 aliphatic heterocycles. The Labute approximate surface area is 158 Å². The Morgan fingerprint density at radius 1 is 0.741 bits per heavy atom. The van der Waals surface area contributed by atoms with E-state index in [1.165, 1.54) is 0 Å². The van der Waals surface area contributed by atoms with Crippen molar-refractivity contribution in [2.24, 2.45) is 0 Å². The minimum atomic E-state index is -0.334. The van der Waals surface area contributed by atoms with E-state index in [0.29, 0.717) is 34.9 Å². The largest absolute Gasteiger partial charge is 0.493 e. The van der Waals surface area contributed by atoms with Gasteiger partial charge in [0, 0.05) is 5.69 Å². The molecule has 27 heavy (non-hydrogen) atoms. The van der Waals surface area contributed by atoms with Gasteiger partial charge in [-0.1, -0.05) is 42.5 Å². The zero-order chi connectivity index (χ0) is 19.1. The average Bonchev–Trinajstić information content (AvgIpc) is 2.70. The molecule has 2 N–H and O–H groups in total. The van der Waals surface area contributed by atoms with Crippen molar-refractivity contribution >= 4 is 23.2 Å². The molecule has 0 atom stereocenters. The second kappa shape index (κ2) is 8.67. The normalized spacial score (nSPS) is 10.1. The zero-order valence-electron chi connectivity index (χ0n) is 14.9. The Morgan fingerprint density at radius 2 is 1.33 bits per heavy atom. The highest BCUT2D eigenvalue weighted by Gasteiger charge is 2.16. The van der Waals surface area contributed by atoms with Crippen LogP contribution in [-0.4, -0.2) is 18.4 Å². The van der Waals surface area contributed by atoms with Crippen molar-refractivity contribution in [1.82, 2.24) is 0 Å². The lowest BCUT2D eigenvalue weighted by Gasteiger charge is -2.13. The highest BCUT2D eigenvalue weighted by molar-refractivity contribution is 6.13. The second-order valence-electron chi connectivity index (χ2n) is 5.75. The van der Waals surface area contributed by atoms with Crippen LogP contribution in [0, 0.1) is 0 Å². The highest BCUT2D eigenvalue weighted by atomic mass is 16.5. The van der Waals surface area contributed by atoms with E-state index in [9.17, 15) is 9.59 Å². The summed E-state index contributed by atoms with van der Waals surface area (Å²) in [7, 11) is 0. The lowest BCUT2D eigenvalue weighted by Crippen LogP contribution is -2.18. The lowest BCUT2D eigenvalue weighted by atomic mass is 10.1. The number of carbonyl (C=O) groups is 2. The topological polar surface area (TPSA) is 67.4 Å². The minimum Gasteiger partial charge on any atom is -0.493 e. The van der Waals surface area contributed by atoms with Crippen LogP contribution in [-0.2, 0) is 0 Å². The maximum absolute atomic E-state index is 12.7. The highest BCUT2D eigenvalue weighted by Crippen LogP contribution is 2.22. The van der Waals surface area contributed by atoms with Crippen LogP contribution in [0.5, 0.6) is 5.75 Å². The number of amides is 2. The van der Waals surface area contributed by atoms with Gasteiger partial charge in [-0.05, 0) is 43.3 Å². The Kier molecular flexibility index (Phi) is 5.84. The number of hydrogen-bond donors (Lipinski definition) is 2. The van der Waals surface area contributed by atoms with Crippen molar-refractivity contribution in [3.63, 3.8) is 0 Å². The smallest absolute Gasteiger partial charge is 0.259 e. The summed E-state index contributed by atoms with van der Waals surface area (Å²) >= 11 is 0. The van der Waals surface area contributed by atoms with Crippen LogP contribution in [0.1, 0.15) is 27.6 Å². The fraction of sp³-hybridized carbons (Fsp3) is 0.0909. The molecule has 0 saturated carbocycles.